The van der Waals surface area contributed by atoms with Crippen LogP contribution in [-0.2, 0) is 19.1 Å². The number of nitrogens with one attached hydrogen (secondary N) is 4. The van der Waals surface area contributed by atoms with E-state index in [9.17, 15) is 28.0 Å². The van der Waals surface area contributed by atoms with Crippen LogP contribution in [0.4, 0.5) is 18.4 Å². The molecule has 0 aliphatic carbocycles. The van der Waals surface area contributed by atoms with Gasteiger partial charge in [0.25, 0.3) is 5.92 Å². The van der Waals surface area contributed by atoms with Crippen molar-refractivity contribution in [3.8, 4) is 23.1 Å². The second-order valence-electron chi connectivity index (χ2n) is 15.5. The maximum atomic E-state index is 14.7. The second-order valence-corrected chi connectivity index (χ2v) is 15.5. The van der Waals surface area contributed by atoms with E-state index in [2.05, 4.69) is 42.5 Å². The lowest BCUT2D eigenvalue weighted by atomic mass is 10.0. The van der Waals surface area contributed by atoms with E-state index in [4.69, 9.17) is 9.73 Å². The molecule has 4 heterocycles. The van der Waals surface area contributed by atoms with E-state index in [1.54, 1.807) is 24.9 Å². The Hall–Kier alpha value is -5.98. The Balaban J connectivity index is 1.06. The molecule has 58 heavy (non-hydrogen) atoms. The summed E-state index contributed by atoms with van der Waals surface area (Å²) in [5, 5.41) is 8.68. The summed E-state index contributed by atoms with van der Waals surface area (Å²) in [5.74, 6) is 2.99. The Morgan fingerprint density at radius 1 is 0.845 bits per heavy atom. The molecule has 0 saturated carbocycles. The van der Waals surface area contributed by atoms with Crippen molar-refractivity contribution in [2.45, 2.75) is 83.1 Å². The predicted octanol–water partition coefficient (Wildman–Crippen LogP) is 5.18. The van der Waals surface area contributed by atoms with E-state index in [1.807, 2.05) is 62.4 Å². The summed E-state index contributed by atoms with van der Waals surface area (Å²) < 4.78 is 38.8. The van der Waals surface area contributed by atoms with Gasteiger partial charge < -0.3 is 40.2 Å². The molecule has 4 amide bonds. The molecule has 2 saturated heterocycles. The molecule has 0 radical (unpaired) electrons. The van der Waals surface area contributed by atoms with Crippen LogP contribution in [-0.4, -0.2) is 108 Å². The first kappa shape index (κ1) is 41.6. The summed E-state index contributed by atoms with van der Waals surface area (Å²) in [5.41, 5.74) is 3.99. The first-order valence-corrected chi connectivity index (χ1v) is 19.4. The normalized spacial score (nSPS) is 20.8. The number of likely N-dealkylation sites (tertiary alicyclic amines) is 2. The highest BCUT2D eigenvalue weighted by Gasteiger charge is 2.50. The molecule has 2 fully saturated rings. The molecule has 3 aromatic rings. The van der Waals surface area contributed by atoms with Gasteiger partial charge in [-0.1, -0.05) is 63.8 Å². The summed E-state index contributed by atoms with van der Waals surface area (Å²) in [6, 6.07) is 12.4. The van der Waals surface area contributed by atoms with Crippen molar-refractivity contribution in [3.05, 3.63) is 77.2 Å². The van der Waals surface area contributed by atoms with Gasteiger partial charge in [0, 0.05) is 24.1 Å². The van der Waals surface area contributed by atoms with Gasteiger partial charge in [0.1, 0.15) is 23.7 Å². The first-order valence-electron chi connectivity index (χ1n) is 19.4. The number of carbonyl (C=O) groups is 4. The molecule has 14 nitrogen and oxygen atoms in total. The number of alkyl halides is 2. The molecule has 16 heteroatoms. The molecule has 308 valence electrons. The maximum Gasteiger partial charge on any atom is 0.407 e. The minimum absolute atomic E-state index is 0.0477. The van der Waals surface area contributed by atoms with Crippen LogP contribution in [0.15, 0.2) is 59.7 Å². The van der Waals surface area contributed by atoms with E-state index < -0.39 is 55.1 Å². The van der Waals surface area contributed by atoms with Gasteiger partial charge in [0.05, 0.1) is 57.3 Å². The van der Waals surface area contributed by atoms with E-state index >= 15 is 0 Å². The SMILES string of the molecule is COC(=O)N[C@H](C(=O)N1CCC[C@H]1C1=NCC(c2ccc(C#Cc3ccc(-c4cnc([C@@H]5CC(F)(F)CN5C(=O)[C@@H](NC(=O)OC)C(C)C)[nH]4)cc3)cc2)N1)C(C)C. The molecule has 3 aliphatic heterocycles. The average Bonchev–Trinajstić information content (AvgIpc) is 4.04. The smallest absolute Gasteiger partial charge is 0.407 e. The number of ether oxygens (including phenoxy) is 2. The fourth-order valence-corrected chi connectivity index (χ4v) is 7.54. The van der Waals surface area contributed by atoms with Crippen molar-refractivity contribution in [1.82, 2.24) is 35.7 Å². The van der Waals surface area contributed by atoms with Crippen LogP contribution in [0.5, 0.6) is 0 Å². The highest BCUT2D eigenvalue weighted by Crippen LogP contribution is 2.41. The van der Waals surface area contributed by atoms with E-state index in [0.717, 1.165) is 45.8 Å². The molecule has 4 N–H and O–H groups in total. The zero-order chi connectivity index (χ0) is 41.7. The zero-order valence-corrected chi connectivity index (χ0v) is 33.5. The van der Waals surface area contributed by atoms with Crippen LogP contribution in [0, 0.1) is 23.7 Å². The third-order valence-electron chi connectivity index (χ3n) is 10.7. The lowest BCUT2D eigenvalue weighted by Crippen LogP contribution is -2.54. The van der Waals surface area contributed by atoms with E-state index in [1.165, 1.54) is 14.2 Å². The molecule has 0 spiro atoms. The monoisotopic (exact) mass is 800 g/mol. The van der Waals surface area contributed by atoms with Gasteiger partial charge in [-0.25, -0.2) is 23.4 Å². The quantitative estimate of drug-likeness (QED) is 0.204. The predicted molar refractivity (Wildman–Crippen MR) is 212 cm³/mol. The summed E-state index contributed by atoms with van der Waals surface area (Å²) in [4.78, 5) is 65.9. The third kappa shape index (κ3) is 9.41. The number of hydrogen-bond acceptors (Lipinski definition) is 9. The Kier molecular flexibility index (Phi) is 12.7. The number of benzene rings is 2. The fourth-order valence-electron chi connectivity index (χ4n) is 7.54. The molecule has 3 aliphatic rings. The Morgan fingerprint density at radius 2 is 1.41 bits per heavy atom. The third-order valence-corrected chi connectivity index (χ3v) is 10.7. The number of aromatic amines is 1. The largest absolute Gasteiger partial charge is 0.453 e. The first-order chi connectivity index (χ1) is 27.7. The van der Waals surface area contributed by atoms with Gasteiger partial charge in [-0.15, -0.1) is 0 Å². The van der Waals surface area contributed by atoms with Crippen molar-refractivity contribution in [3.63, 3.8) is 0 Å². The summed E-state index contributed by atoms with van der Waals surface area (Å²) in [7, 11) is 2.45. The number of H-pyrrole nitrogens is 1. The highest BCUT2D eigenvalue weighted by molar-refractivity contribution is 5.95. The molecule has 0 bridgehead atoms. The van der Waals surface area contributed by atoms with Crippen LogP contribution in [0.2, 0.25) is 0 Å². The number of amides is 4. The van der Waals surface area contributed by atoms with Crippen LogP contribution >= 0.6 is 0 Å². The van der Waals surface area contributed by atoms with Crippen LogP contribution in [0.1, 0.15) is 81.6 Å². The van der Waals surface area contributed by atoms with Crippen LogP contribution in [0.3, 0.4) is 0 Å². The number of hydrogen-bond donors (Lipinski definition) is 4. The topological polar surface area (TPSA) is 170 Å². The molecule has 5 atom stereocenters. The number of halogens is 2. The number of aromatic nitrogens is 2. The lowest BCUT2D eigenvalue weighted by Gasteiger charge is -2.31. The van der Waals surface area contributed by atoms with E-state index in [-0.39, 0.29) is 35.7 Å². The number of methoxy groups -OCH3 is 2. The summed E-state index contributed by atoms with van der Waals surface area (Å²) >= 11 is 0. The zero-order valence-electron chi connectivity index (χ0n) is 33.5. The van der Waals surface area contributed by atoms with Gasteiger partial charge in [0.2, 0.25) is 11.8 Å². The molecule has 2 aromatic carbocycles. The van der Waals surface area contributed by atoms with Gasteiger partial charge in [-0.2, -0.15) is 0 Å². The highest BCUT2D eigenvalue weighted by atomic mass is 19.3. The lowest BCUT2D eigenvalue weighted by molar-refractivity contribution is -0.136. The average molecular weight is 801 g/mol. The van der Waals surface area contributed by atoms with Crippen molar-refractivity contribution in [1.29, 1.82) is 0 Å². The minimum atomic E-state index is -3.13. The van der Waals surface area contributed by atoms with Gasteiger partial charge in [0.15, 0.2) is 0 Å². The number of amidine groups is 1. The Morgan fingerprint density at radius 3 is 1.98 bits per heavy atom. The molecule has 1 aromatic heterocycles. The standard InChI is InChI=1S/C42H50F2N8O6/c1-24(2)34(49-40(55)57-5)38(53)51-19-7-8-32(51)36-45-21-30(47-36)28-15-11-26(12-16-28)9-10-27-13-17-29(18-14-27)31-22-46-37(48-31)33-20-42(43,44)23-52(33)39(54)35(25(3)4)50-41(56)58-6/h11-18,22,24-25,30,32-35H,7-8,19-21,23H2,1-6H3,(H,45,47)(H,46,48)(H,49,55)(H,50,56)/t30?,32-,33-,34-,35-/m0/s1. The molecule has 1 unspecified atom stereocenters. The van der Waals surface area contributed by atoms with Crippen molar-refractivity contribution in [2.75, 3.05) is 33.9 Å². The second kappa shape index (κ2) is 17.7. The summed E-state index contributed by atoms with van der Waals surface area (Å²) in [6.07, 6.45) is 1.12. The molecule has 6 rings (SSSR count). The maximum absolute atomic E-state index is 14.7. The van der Waals surface area contributed by atoms with Gasteiger partial charge in [-0.3, -0.25) is 14.6 Å². The number of nitrogens with zero attached hydrogens (tertiary/aromatic N) is 4. The van der Waals surface area contributed by atoms with Crippen LogP contribution in [0.25, 0.3) is 11.3 Å². The van der Waals surface area contributed by atoms with Crippen molar-refractivity contribution < 1.29 is 37.4 Å². The van der Waals surface area contributed by atoms with Crippen LogP contribution < -0.4 is 16.0 Å². The van der Waals surface area contributed by atoms with Crippen molar-refractivity contribution >= 4 is 29.8 Å². The number of rotatable bonds is 10. The van der Waals surface area contributed by atoms with Gasteiger partial charge in [-0.05, 0) is 60.1 Å². The molecular weight excluding hydrogens is 751 g/mol. The van der Waals surface area contributed by atoms with Gasteiger partial charge >= 0.3 is 12.2 Å². The number of alkyl carbamates (subject to hydrolysis) is 2. The molecular formula is C42H50F2N8O6. The van der Waals surface area contributed by atoms with E-state index in [0.29, 0.717) is 18.8 Å². The Bertz CT molecular complexity index is 2070. The number of carbonyl (C=O) groups excluding carboxylic acids is 4. The fraction of sp³-hybridized carbons (Fsp3) is 0.476. The number of aliphatic imine (C=N–C) groups is 1. The van der Waals surface area contributed by atoms with Crippen molar-refractivity contribution in [2.24, 2.45) is 16.8 Å². The Labute approximate surface area is 336 Å². The minimum Gasteiger partial charge on any atom is -0.453 e. The summed E-state index contributed by atoms with van der Waals surface area (Å²) in [6.45, 7) is 7.54. The number of imidazole rings is 1.